The SMILES string of the molecule is CC(=O)C1CCC2C(O)CCCC12C.COC1CCCC2(C)C(C(C)=O)CCC12. The fourth-order valence-corrected chi connectivity index (χ4v) is 7.89. The van der Waals surface area contributed by atoms with Gasteiger partial charge in [-0.25, -0.2) is 0 Å². The highest BCUT2D eigenvalue weighted by atomic mass is 16.5. The molecule has 29 heavy (non-hydrogen) atoms. The lowest BCUT2D eigenvalue weighted by atomic mass is 9.63. The molecule has 0 aromatic carbocycles. The molecule has 0 aromatic heterocycles. The Hall–Kier alpha value is -0.740. The average molecular weight is 407 g/mol. The van der Waals surface area contributed by atoms with E-state index in [1.807, 2.05) is 7.11 Å². The van der Waals surface area contributed by atoms with Gasteiger partial charge < -0.3 is 9.84 Å². The van der Waals surface area contributed by atoms with Gasteiger partial charge in [0.15, 0.2) is 0 Å². The summed E-state index contributed by atoms with van der Waals surface area (Å²) in [5, 5.41) is 9.93. The molecule has 0 heterocycles. The van der Waals surface area contributed by atoms with Gasteiger partial charge in [-0.2, -0.15) is 0 Å². The van der Waals surface area contributed by atoms with Crippen LogP contribution >= 0.6 is 0 Å². The Balaban J connectivity index is 0.000000166. The molecule has 0 aromatic rings. The molecule has 1 N–H and O–H groups in total. The smallest absolute Gasteiger partial charge is 0.133 e. The van der Waals surface area contributed by atoms with Crippen molar-refractivity contribution in [2.75, 3.05) is 7.11 Å². The van der Waals surface area contributed by atoms with E-state index in [1.54, 1.807) is 13.8 Å². The number of carbonyl (C=O) groups is 2. The first kappa shape index (κ1) is 22.9. The van der Waals surface area contributed by atoms with Crippen LogP contribution in [0, 0.1) is 34.5 Å². The first-order valence-electron chi connectivity index (χ1n) is 11.9. The number of ether oxygens (including phenoxy) is 1. The van der Waals surface area contributed by atoms with Gasteiger partial charge in [0, 0.05) is 18.9 Å². The third-order valence-electron chi connectivity index (χ3n) is 9.44. The highest BCUT2D eigenvalue weighted by Gasteiger charge is 2.53. The second kappa shape index (κ2) is 8.78. The number of hydrogen-bond acceptors (Lipinski definition) is 4. The molecule has 0 radical (unpaired) electrons. The van der Waals surface area contributed by atoms with Crippen LogP contribution < -0.4 is 0 Å². The molecule has 4 saturated carbocycles. The number of hydrogen-bond donors (Lipinski definition) is 1. The van der Waals surface area contributed by atoms with Gasteiger partial charge in [0.05, 0.1) is 12.2 Å². The van der Waals surface area contributed by atoms with E-state index in [0.29, 0.717) is 35.4 Å². The zero-order chi connectivity index (χ0) is 21.4. The highest BCUT2D eigenvalue weighted by Crippen LogP contribution is 2.57. The highest BCUT2D eigenvalue weighted by molar-refractivity contribution is 5.80. The van der Waals surface area contributed by atoms with Crippen molar-refractivity contribution in [1.29, 1.82) is 0 Å². The molecule has 4 nitrogen and oxygen atoms in total. The van der Waals surface area contributed by atoms with Crippen LogP contribution in [-0.4, -0.2) is 36.0 Å². The minimum absolute atomic E-state index is 0.101. The normalized spacial score (nSPS) is 46.3. The number of rotatable bonds is 3. The van der Waals surface area contributed by atoms with Crippen molar-refractivity contribution in [3.8, 4) is 0 Å². The third-order valence-corrected chi connectivity index (χ3v) is 9.44. The summed E-state index contributed by atoms with van der Waals surface area (Å²) in [6, 6.07) is 0. The zero-order valence-corrected chi connectivity index (χ0v) is 19.2. The van der Waals surface area contributed by atoms with Crippen LogP contribution in [0.4, 0.5) is 0 Å². The van der Waals surface area contributed by atoms with Crippen LogP contribution in [-0.2, 0) is 14.3 Å². The van der Waals surface area contributed by atoms with Gasteiger partial charge >= 0.3 is 0 Å². The van der Waals surface area contributed by atoms with Crippen LogP contribution in [0.5, 0.6) is 0 Å². The maximum absolute atomic E-state index is 11.7. The molecular weight excluding hydrogens is 364 g/mol. The summed E-state index contributed by atoms with van der Waals surface area (Å²) in [6.07, 6.45) is 11.3. The summed E-state index contributed by atoms with van der Waals surface area (Å²) < 4.78 is 5.59. The quantitative estimate of drug-likeness (QED) is 0.719. The maximum Gasteiger partial charge on any atom is 0.133 e. The minimum atomic E-state index is -0.155. The fraction of sp³-hybridized carbons (Fsp3) is 0.920. The fourth-order valence-electron chi connectivity index (χ4n) is 7.89. The molecule has 4 aliphatic rings. The Morgan fingerprint density at radius 1 is 0.793 bits per heavy atom. The van der Waals surface area contributed by atoms with Gasteiger partial charge in [0.25, 0.3) is 0 Å². The van der Waals surface area contributed by atoms with Crippen molar-refractivity contribution in [2.24, 2.45) is 34.5 Å². The van der Waals surface area contributed by atoms with E-state index in [4.69, 9.17) is 4.74 Å². The lowest BCUT2D eigenvalue weighted by molar-refractivity contribution is -0.127. The molecule has 0 saturated heterocycles. The van der Waals surface area contributed by atoms with Crippen molar-refractivity contribution in [2.45, 2.75) is 104 Å². The number of methoxy groups -OCH3 is 1. The molecule has 0 spiro atoms. The Morgan fingerprint density at radius 3 is 1.79 bits per heavy atom. The monoisotopic (exact) mass is 406 g/mol. The summed E-state index contributed by atoms with van der Waals surface area (Å²) in [4.78, 5) is 23.2. The van der Waals surface area contributed by atoms with Gasteiger partial charge in [-0.15, -0.1) is 0 Å². The van der Waals surface area contributed by atoms with Crippen molar-refractivity contribution in [3.63, 3.8) is 0 Å². The van der Waals surface area contributed by atoms with Crippen LogP contribution in [0.1, 0.15) is 91.9 Å². The largest absolute Gasteiger partial charge is 0.393 e. The average Bonchev–Trinajstić information content (AvgIpc) is 3.19. The Morgan fingerprint density at radius 2 is 1.28 bits per heavy atom. The molecule has 8 atom stereocenters. The topological polar surface area (TPSA) is 63.6 Å². The molecule has 4 fully saturated rings. The van der Waals surface area contributed by atoms with Gasteiger partial charge in [-0.3, -0.25) is 9.59 Å². The predicted octanol–water partition coefficient (Wildman–Crippen LogP) is 4.96. The van der Waals surface area contributed by atoms with Crippen molar-refractivity contribution in [3.05, 3.63) is 0 Å². The molecule has 166 valence electrons. The number of Topliss-reactive ketones (excluding diaryl/α,β-unsaturated/α-hetero) is 2. The van der Waals surface area contributed by atoms with Crippen molar-refractivity contribution in [1.82, 2.24) is 0 Å². The molecule has 4 heteroatoms. The van der Waals surface area contributed by atoms with E-state index in [1.165, 1.54) is 25.7 Å². The lowest BCUT2D eigenvalue weighted by Crippen LogP contribution is -2.42. The summed E-state index contributed by atoms with van der Waals surface area (Å²) >= 11 is 0. The molecule has 8 unspecified atom stereocenters. The lowest BCUT2D eigenvalue weighted by Gasteiger charge is -2.43. The van der Waals surface area contributed by atoms with E-state index in [9.17, 15) is 14.7 Å². The maximum atomic E-state index is 11.7. The van der Waals surface area contributed by atoms with Crippen LogP contribution in [0.2, 0.25) is 0 Å². The number of aliphatic hydroxyl groups is 1. The summed E-state index contributed by atoms with van der Waals surface area (Å²) in [5.74, 6) is 2.21. The van der Waals surface area contributed by atoms with Crippen molar-refractivity contribution >= 4 is 11.6 Å². The van der Waals surface area contributed by atoms with Crippen LogP contribution in [0.15, 0.2) is 0 Å². The van der Waals surface area contributed by atoms with E-state index >= 15 is 0 Å². The van der Waals surface area contributed by atoms with E-state index < -0.39 is 0 Å². The Kier molecular flexibility index (Phi) is 6.95. The molecule has 4 aliphatic carbocycles. The van der Waals surface area contributed by atoms with E-state index in [-0.39, 0.29) is 22.9 Å². The first-order chi connectivity index (χ1) is 13.6. The van der Waals surface area contributed by atoms with Gasteiger partial charge in [0.2, 0.25) is 0 Å². The number of carbonyl (C=O) groups excluding carboxylic acids is 2. The van der Waals surface area contributed by atoms with Gasteiger partial charge in [0.1, 0.15) is 11.6 Å². The van der Waals surface area contributed by atoms with E-state index in [0.717, 1.165) is 38.5 Å². The third kappa shape index (κ3) is 4.08. The molecule has 4 rings (SSSR count). The second-order valence-electron chi connectivity index (χ2n) is 10.8. The zero-order valence-electron chi connectivity index (χ0n) is 19.2. The second-order valence-corrected chi connectivity index (χ2v) is 10.8. The van der Waals surface area contributed by atoms with Gasteiger partial charge in [-0.05, 0) is 87.9 Å². The van der Waals surface area contributed by atoms with Crippen LogP contribution in [0.3, 0.4) is 0 Å². The summed E-state index contributed by atoms with van der Waals surface area (Å²) in [6.45, 7) is 7.98. The predicted molar refractivity (Wildman–Crippen MR) is 115 cm³/mol. The number of fused-ring (bicyclic) bond motifs is 2. The van der Waals surface area contributed by atoms with Crippen LogP contribution in [0.25, 0.3) is 0 Å². The Labute approximate surface area is 177 Å². The van der Waals surface area contributed by atoms with Crippen molar-refractivity contribution < 1.29 is 19.4 Å². The number of ketones is 2. The minimum Gasteiger partial charge on any atom is -0.393 e. The van der Waals surface area contributed by atoms with E-state index in [2.05, 4.69) is 13.8 Å². The molecular formula is C25H42O4. The molecule has 0 amide bonds. The molecule has 0 bridgehead atoms. The summed E-state index contributed by atoms with van der Waals surface area (Å²) in [7, 11) is 1.82. The first-order valence-corrected chi connectivity index (χ1v) is 11.9. The summed E-state index contributed by atoms with van der Waals surface area (Å²) in [5.41, 5.74) is 0.328. The standard InChI is InChI=1S/C13H22O2.C12H20O2/c1-9(14)10-6-7-11-12(15-3)5-4-8-13(10,11)2;1-8(13)9-5-6-10-11(14)4-3-7-12(9,10)2/h10-12H,4-8H2,1-3H3;9-11,14H,3-7H2,1-2H3. The molecule has 0 aliphatic heterocycles. The Bertz CT molecular complexity index is 616. The number of aliphatic hydroxyl groups excluding tert-OH is 1. The van der Waals surface area contributed by atoms with Gasteiger partial charge in [-0.1, -0.05) is 26.7 Å².